The number of aromatic nitrogens is 1. The third-order valence-corrected chi connectivity index (χ3v) is 6.43. The van der Waals surface area contributed by atoms with Gasteiger partial charge in [0.15, 0.2) is 5.13 Å². The summed E-state index contributed by atoms with van der Waals surface area (Å²) in [5, 5.41) is 3.26. The van der Waals surface area contributed by atoms with Crippen molar-refractivity contribution in [2.45, 2.75) is 19.4 Å². The van der Waals surface area contributed by atoms with Crippen molar-refractivity contribution in [2.24, 2.45) is 0 Å². The van der Waals surface area contributed by atoms with Gasteiger partial charge >= 0.3 is 6.03 Å². The second-order valence-corrected chi connectivity index (χ2v) is 8.29. The Labute approximate surface area is 183 Å². The fraction of sp³-hybridized carbons (Fsp3) is 0.273. The van der Waals surface area contributed by atoms with E-state index in [-0.39, 0.29) is 12.5 Å². The van der Waals surface area contributed by atoms with E-state index in [0.717, 1.165) is 15.1 Å². The number of likely N-dealkylation sites (N-methyl/N-ethyl adjacent to an activating group) is 1. The summed E-state index contributed by atoms with van der Waals surface area (Å²) in [4.78, 5) is 45.8. The zero-order valence-electron chi connectivity index (χ0n) is 17.4. The molecule has 1 N–H and O–H groups in total. The van der Waals surface area contributed by atoms with E-state index in [0.29, 0.717) is 23.0 Å². The number of para-hydroxylation sites is 1. The van der Waals surface area contributed by atoms with Gasteiger partial charge in [0.25, 0.3) is 5.91 Å². The van der Waals surface area contributed by atoms with Crippen molar-refractivity contribution in [1.82, 2.24) is 15.2 Å². The lowest BCUT2D eigenvalue weighted by atomic mass is 9.92. The lowest BCUT2D eigenvalue weighted by Gasteiger charge is -2.23. The molecule has 4 amide bonds. The van der Waals surface area contributed by atoms with Gasteiger partial charge in [-0.3, -0.25) is 19.4 Å². The van der Waals surface area contributed by atoms with E-state index in [2.05, 4.69) is 10.3 Å². The molecule has 1 fully saturated rings. The minimum atomic E-state index is -1.25. The molecule has 1 saturated heterocycles. The Morgan fingerprint density at radius 2 is 1.90 bits per heavy atom. The van der Waals surface area contributed by atoms with Gasteiger partial charge in [-0.05, 0) is 43.7 Å². The van der Waals surface area contributed by atoms with Gasteiger partial charge in [-0.1, -0.05) is 35.6 Å². The Morgan fingerprint density at radius 1 is 1.19 bits per heavy atom. The lowest BCUT2D eigenvalue weighted by molar-refractivity contribution is -0.134. The number of anilines is 1. The standard InChI is InChI=1S/C22H22N4O4S/c1-4-25(21-23-16-7-5-6-8-17(16)31-21)18(27)13-26-19(28)22(2,24-20(26)29)14-9-11-15(30-3)12-10-14/h5-12H,4,13H2,1-3H3,(H,24,29). The molecule has 0 spiro atoms. The average Bonchev–Trinajstić information content (AvgIpc) is 3.29. The normalized spacial score (nSPS) is 18.4. The number of nitrogens with one attached hydrogen (secondary N) is 1. The fourth-order valence-electron chi connectivity index (χ4n) is 3.57. The minimum absolute atomic E-state index is 0.361. The van der Waals surface area contributed by atoms with Crippen molar-refractivity contribution in [1.29, 1.82) is 0 Å². The predicted octanol–water partition coefficient (Wildman–Crippen LogP) is 3.13. The van der Waals surface area contributed by atoms with Crippen LogP contribution in [0.2, 0.25) is 0 Å². The maximum Gasteiger partial charge on any atom is 0.325 e. The maximum atomic E-state index is 13.1. The van der Waals surface area contributed by atoms with Crippen LogP contribution >= 0.6 is 11.3 Å². The highest BCUT2D eigenvalue weighted by molar-refractivity contribution is 7.22. The Balaban J connectivity index is 1.55. The van der Waals surface area contributed by atoms with Gasteiger partial charge < -0.3 is 10.1 Å². The number of carbonyl (C=O) groups excluding carboxylic acids is 3. The number of hydrogen-bond donors (Lipinski definition) is 1. The van der Waals surface area contributed by atoms with Crippen molar-refractivity contribution in [3.8, 4) is 5.75 Å². The topological polar surface area (TPSA) is 91.8 Å². The molecular weight excluding hydrogens is 416 g/mol. The van der Waals surface area contributed by atoms with E-state index in [1.54, 1.807) is 38.3 Å². The first kappa shape index (κ1) is 20.8. The minimum Gasteiger partial charge on any atom is -0.497 e. The number of nitrogens with zero attached hydrogens (tertiary/aromatic N) is 3. The van der Waals surface area contributed by atoms with Crippen molar-refractivity contribution in [3.63, 3.8) is 0 Å². The molecule has 31 heavy (non-hydrogen) atoms. The molecule has 4 rings (SSSR count). The molecule has 9 heteroatoms. The van der Waals surface area contributed by atoms with Gasteiger partial charge in [0.05, 0.1) is 17.3 Å². The number of rotatable bonds is 6. The molecule has 1 unspecified atom stereocenters. The summed E-state index contributed by atoms with van der Waals surface area (Å²) in [5.74, 6) is -0.203. The number of amides is 4. The molecule has 8 nitrogen and oxygen atoms in total. The largest absolute Gasteiger partial charge is 0.497 e. The van der Waals surface area contributed by atoms with Gasteiger partial charge in [0.1, 0.15) is 17.8 Å². The second-order valence-electron chi connectivity index (χ2n) is 7.28. The Kier molecular flexibility index (Phi) is 5.36. The van der Waals surface area contributed by atoms with Crippen LogP contribution in [0.1, 0.15) is 19.4 Å². The van der Waals surface area contributed by atoms with E-state index in [9.17, 15) is 14.4 Å². The van der Waals surface area contributed by atoms with Crippen molar-refractivity contribution < 1.29 is 19.1 Å². The van der Waals surface area contributed by atoms with Crippen LogP contribution in [0.4, 0.5) is 9.93 Å². The summed E-state index contributed by atoms with van der Waals surface area (Å²) < 4.78 is 6.11. The quantitative estimate of drug-likeness (QED) is 0.597. The monoisotopic (exact) mass is 438 g/mol. The first-order chi connectivity index (χ1) is 14.9. The summed E-state index contributed by atoms with van der Waals surface area (Å²) in [6.07, 6.45) is 0. The zero-order chi connectivity index (χ0) is 22.2. The smallest absolute Gasteiger partial charge is 0.325 e. The Morgan fingerprint density at radius 3 is 2.55 bits per heavy atom. The van der Waals surface area contributed by atoms with Crippen molar-refractivity contribution in [2.75, 3.05) is 25.1 Å². The SMILES string of the molecule is CCN(C(=O)CN1C(=O)NC(C)(c2ccc(OC)cc2)C1=O)c1nc2ccccc2s1. The molecule has 1 aliphatic heterocycles. The number of methoxy groups -OCH3 is 1. The Hall–Kier alpha value is -3.46. The number of urea groups is 1. The summed E-state index contributed by atoms with van der Waals surface area (Å²) in [5.41, 5.74) is 0.159. The molecular formula is C22H22N4O4S. The average molecular weight is 439 g/mol. The van der Waals surface area contributed by atoms with E-state index in [1.807, 2.05) is 31.2 Å². The maximum absolute atomic E-state index is 13.1. The van der Waals surface area contributed by atoms with Crippen molar-refractivity contribution in [3.05, 3.63) is 54.1 Å². The van der Waals surface area contributed by atoms with Crippen LogP contribution in [0, 0.1) is 0 Å². The molecule has 0 bridgehead atoms. The van der Waals surface area contributed by atoms with Crippen LogP contribution in [0.5, 0.6) is 5.75 Å². The number of hydrogen-bond acceptors (Lipinski definition) is 6. The fourth-order valence-corrected chi connectivity index (χ4v) is 4.62. The van der Waals surface area contributed by atoms with Gasteiger partial charge in [-0.15, -0.1) is 0 Å². The molecule has 1 aromatic heterocycles. The molecule has 0 saturated carbocycles. The molecule has 0 radical (unpaired) electrons. The first-order valence-electron chi connectivity index (χ1n) is 9.82. The number of imide groups is 1. The third-order valence-electron chi connectivity index (χ3n) is 5.37. The number of benzene rings is 2. The van der Waals surface area contributed by atoms with E-state index in [4.69, 9.17) is 4.74 Å². The highest BCUT2D eigenvalue weighted by Gasteiger charge is 2.49. The lowest BCUT2D eigenvalue weighted by Crippen LogP contribution is -2.44. The van der Waals surface area contributed by atoms with Crippen LogP contribution in [0.3, 0.4) is 0 Å². The van der Waals surface area contributed by atoms with E-state index < -0.39 is 17.5 Å². The second kappa shape index (κ2) is 7.99. The van der Waals surface area contributed by atoms with Gasteiger partial charge in [-0.2, -0.15) is 0 Å². The van der Waals surface area contributed by atoms with Crippen LogP contribution in [0.15, 0.2) is 48.5 Å². The summed E-state index contributed by atoms with van der Waals surface area (Å²) in [6.45, 7) is 3.47. The molecule has 3 aromatic rings. The predicted molar refractivity (Wildman–Crippen MR) is 118 cm³/mol. The van der Waals surface area contributed by atoms with Gasteiger partial charge in [0.2, 0.25) is 5.91 Å². The summed E-state index contributed by atoms with van der Waals surface area (Å²) in [7, 11) is 1.55. The molecule has 0 aliphatic carbocycles. The number of carbonyl (C=O) groups is 3. The summed E-state index contributed by atoms with van der Waals surface area (Å²) in [6, 6.07) is 13.9. The van der Waals surface area contributed by atoms with Crippen LogP contribution in [-0.2, 0) is 15.1 Å². The molecule has 1 atom stereocenters. The number of ether oxygens (including phenoxy) is 1. The highest BCUT2D eigenvalue weighted by atomic mass is 32.1. The summed E-state index contributed by atoms with van der Waals surface area (Å²) >= 11 is 1.40. The number of thiazole rings is 1. The highest BCUT2D eigenvalue weighted by Crippen LogP contribution is 2.31. The van der Waals surface area contributed by atoms with Crippen LogP contribution < -0.4 is 15.0 Å². The Bertz CT molecular complexity index is 1130. The number of fused-ring (bicyclic) bond motifs is 1. The molecule has 2 aromatic carbocycles. The first-order valence-corrected chi connectivity index (χ1v) is 10.6. The molecule has 2 heterocycles. The van der Waals surface area contributed by atoms with Gasteiger partial charge in [-0.25, -0.2) is 9.78 Å². The van der Waals surface area contributed by atoms with E-state index >= 15 is 0 Å². The molecule has 1 aliphatic rings. The van der Waals surface area contributed by atoms with Gasteiger partial charge in [0, 0.05) is 6.54 Å². The van der Waals surface area contributed by atoms with E-state index in [1.165, 1.54) is 16.2 Å². The third kappa shape index (κ3) is 3.61. The molecule has 160 valence electrons. The van der Waals surface area contributed by atoms with Crippen molar-refractivity contribution >= 4 is 44.5 Å². The zero-order valence-corrected chi connectivity index (χ0v) is 18.2. The van der Waals surface area contributed by atoms with Crippen LogP contribution in [0.25, 0.3) is 10.2 Å². The van der Waals surface area contributed by atoms with Crippen LogP contribution in [-0.4, -0.2) is 47.9 Å².